The Balaban J connectivity index is 0. The number of aryl methyl sites for hydroxylation is 1. The molecule has 16 heavy (non-hydrogen) atoms. The van der Waals surface area contributed by atoms with E-state index in [0.717, 1.165) is 6.42 Å². The van der Waals surface area contributed by atoms with E-state index in [-0.39, 0.29) is 51.0 Å². The molecule has 0 nitrogen and oxygen atoms in total. The van der Waals surface area contributed by atoms with Gasteiger partial charge in [-0.25, -0.2) is 0 Å². The molecular weight excluding hydrogens is 318 g/mol. The van der Waals surface area contributed by atoms with Crippen LogP contribution in [0.2, 0.25) is 0 Å². The first kappa shape index (κ1) is 18.4. The zero-order valence-electron chi connectivity index (χ0n) is 9.08. The number of hydrogen-bond acceptors (Lipinski definition) is 0. The standard InChI is InChI=1S/C13H13.2ClH.Zr/c1-2-11-6-5-9-13(10-11)12-7-3-4-8-12;;;/h3-10H,2H2,1H3;2*1H;/q-1;;;+3/p-2. The first-order valence-corrected chi connectivity index (χ1v) is 4.71. The number of rotatable bonds is 2. The summed E-state index contributed by atoms with van der Waals surface area (Å²) in [5, 5.41) is 0. The Bertz CT molecular complexity index is 383. The second-order valence-corrected chi connectivity index (χ2v) is 3.23. The first-order valence-electron chi connectivity index (χ1n) is 4.71. The fourth-order valence-corrected chi connectivity index (χ4v) is 1.54. The molecule has 1 radical (unpaired) electrons. The minimum atomic E-state index is 0. The van der Waals surface area contributed by atoms with E-state index in [1.165, 1.54) is 16.7 Å². The quantitative estimate of drug-likeness (QED) is 0.540. The van der Waals surface area contributed by atoms with Crippen molar-refractivity contribution >= 4 is 0 Å². The van der Waals surface area contributed by atoms with Crippen LogP contribution in [-0.4, -0.2) is 0 Å². The van der Waals surface area contributed by atoms with Crippen LogP contribution in [0, 0.1) is 0 Å². The predicted molar refractivity (Wildman–Crippen MR) is 56.8 cm³/mol. The van der Waals surface area contributed by atoms with E-state index >= 15 is 0 Å². The molecule has 2 rings (SSSR count). The van der Waals surface area contributed by atoms with Crippen LogP contribution in [0.1, 0.15) is 12.5 Å². The Morgan fingerprint density at radius 2 is 1.62 bits per heavy atom. The number of benzene rings is 1. The summed E-state index contributed by atoms with van der Waals surface area (Å²) >= 11 is 0. The summed E-state index contributed by atoms with van der Waals surface area (Å²) in [5.74, 6) is 0. The maximum atomic E-state index is 2.26. The molecule has 0 aromatic heterocycles. The molecule has 0 amide bonds. The SMILES string of the molecule is CCc1cccc(-[c-]2cccc2)c1.[Cl-].[Cl-].[Zr+3]. The van der Waals surface area contributed by atoms with Crippen LogP contribution in [0.15, 0.2) is 48.5 Å². The second-order valence-electron chi connectivity index (χ2n) is 3.23. The van der Waals surface area contributed by atoms with Crippen LogP contribution in [0.25, 0.3) is 11.1 Å². The molecule has 3 heteroatoms. The molecule has 0 fully saturated rings. The Hall–Kier alpha value is 0.0331. The maximum absolute atomic E-state index is 2.26. The van der Waals surface area contributed by atoms with Crippen LogP contribution in [0.3, 0.4) is 0 Å². The molecule has 0 spiro atoms. The van der Waals surface area contributed by atoms with Crippen LogP contribution in [0.5, 0.6) is 0 Å². The van der Waals surface area contributed by atoms with E-state index < -0.39 is 0 Å². The van der Waals surface area contributed by atoms with Gasteiger partial charge in [-0.3, -0.25) is 0 Å². The van der Waals surface area contributed by atoms with Crippen LogP contribution in [0.4, 0.5) is 0 Å². The monoisotopic (exact) mass is 329 g/mol. The van der Waals surface area contributed by atoms with E-state index in [0.29, 0.717) is 0 Å². The molecular formula is C13H13Cl2Zr. The zero-order chi connectivity index (χ0) is 9.10. The predicted octanol–water partition coefficient (Wildman–Crippen LogP) is -2.36. The van der Waals surface area contributed by atoms with Gasteiger partial charge in [0.15, 0.2) is 0 Å². The van der Waals surface area contributed by atoms with Crippen molar-refractivity contribution in [2.75, 3.05) is 0 Å². The van der Waals surface area contributed by atoms with E-state index in [9.17, 15) is 0 Å². The molecule has 0 atom stereocenters. The third-order valence-electron chi connectivity index (χ3n) is 2.33. The molecule has 0 saturated heterocycles. The molecule has 0 heterocycles. The smallest absolute Gasteiger partial charge is 1.00 e. The first-order chi connectivity index (χ1) is 6.40. The van der Waals surface area contributed by atoms with Gasteiger partial charge in [-0.2, -0.15) is 12.1 Å². The van der Waals surface area contributed by atoms with Gasteiger partial charge in [0.05, 0.1) is 0 Å². The minimum Gasteiger partial charge on any atom is -1.00 e. The van der Waals surface area contributed by atoms with Crippen molar-refractivity contribution in [2.45, 2.75) is 13.3 Å². The van der Waals surface area contributed by atoms with Crippen molar-refractivity contribution in [1.82, 2.24) is 0 Å². The fraction of sp³-hybridized carbons (Fsp3) is 0.154. The van der Waals surface area contributed by atoms with Gasteiger partial charge in [-0.05, 0) is 6.42 Å². The summed E-state index contributed by atoms with van der Waals surface area (Å²) in [5.41, 5.74) is 4.04. The van der Waals surface area contributed by atoms with Crippen molar-refractivity contribution in [2.24, 2.45) is 0 Å². The van der Waals surface area contributed by atoms with Crippen molar-refractivity contribution < 1.29 is 51.0 Å². The zero-order valence-corrected chi connectivity index (χ0v) is 13.1. The molecule has 0 aliphatic carbocycles. The van der Waals surface area contributed by atoms with Gasteiger partial charge in [0, 0.05) is 0 Å². The normalized spacial score (nSPS) is 8.31. The summed E-state index contributed by atoms with van der Waals surface area (Å²) in [4.78, 5) is 0. The van der Waals surface area contributed by atoms with E-state index in [2.05, 4.69) is 55.5 Å². The number of halogens is 2. The number of hydrogen-bond donors (Lipinski definition) is 0. The topological polar surface area (TPSA) is 0 Å². The average Bonchev–Trinajstić information content (AvgIpc) is 2.71. The summed E-state index contributed by atoms with van der Waals surface area (Å²) in [6, 6.07) is 17.2. The van der Waals surface area contributed by atoms with E-state index in [4.69, 9.17) is 0 Å². The minimum absolute atomic E-state index is 0. The van der Waals surface area contributed by atoms with E-state index in [1.807, 2.05) is 0 Å². The summed E-state index contributed by atoms with van der Waals surface area (Å²) in [6.45, 7) is 2.18. The Kier molecular flexibility index (Phi) is 10.5. The van der Waals surface area contributed by atoms with Gasteiger partial charge in [0.2, 0.25) is 0 Å². The van der Waals surface area contributed by atoms with E-state index in [1.54, 1.807) is 0 Å². The van der Waals surface area contributed by atoms with Crippen molar-refractivity contribution in [3.63, 3.8) is 0 Å². The van der Waals surface area contributed by atoms with Crippen LogP contribution >= 0.6 is 0 Å². The largest absolute Gasteiger partial charge is 3.00 e. The van der Waals surface area contributed by atoms with Crippen LogP contribution in [-0.2, 0) is 32.6 Å². The third kappa shape index (κ3) is 4.49. The molecule has 0 unspecified atom stereocenters. The van der Waals surface area contributed by atoms with Gasteiger partial charge in [-0.1, -0.05) is 30.2 Å². The Morgan fingerprint density at radius 3 is 2.19 bits per heavy atom. The second kappa shape index (κ2) is 9.10. The Morgan fingerprint density at radius 1 is 1.00 bits per heavy atom. The summed E-state index contributed by atoms with van der Waals surface area (Å²) in [6.07, 6.45) is 1.11. The summed E-state index contributed by atoms with van der Waals surface area (Å²) in [7, 11) is 0. The molecule has 0 bridgehead atoms. The molecule has 0 N–H and O–H groups in total. The van der Waals surface area contributed by atoms with Gasteiger partial charge in [0.25, 0.3) is 0 Å². The maximum Gasteiger partial charge on any atom is 3.00 e. The molecule has 0 aliphatic rings. The fourth-order valence-electron chi connectivity index (χ4n) is 1.54. The van der Waals surface area contributed by atoms with Gasteiger partial charge in [0.1, 0.15) is 0 Å². The Labute approximate surface area is 129 Å². The van der Waals surface area contributed by atoms with Crippen molar-refractivity contribution in [1.29, 1.82) is 0 Å². The molecule has 0 saturated carbocycles. The van der Waals surface area contributed by atoms with Crippen molar-refractivity contribution in [3.05, 3.63) is 54.1 Å². The summed E-state index contributed by atoms with van der Waals surface area (Å²) < 4.78 is 0. The average molecular weight is 331 g/mol. The van der Waals surface area contributed by atoms with Gasteiger partial charge >= 0.3 is 26.2 Å². The molecule has 2 aromatic rings. The molecule has 0 aliphatic heterocycles. The van der Waals surface area contributed by atoms with Crippen molar-refractivity contribution in [3.8, 4) is 11.1 Å². The molecule has 83 valence electrons. The van der Waals surface area contributed by atoms with Gasteiger partial charge < -0.3 is 24.8 Å². The third-order valence-corrected chi connectivity index (χ3v) is 2.33. The van der Waals surface area contributed by atoms with Gasteiger partial charge in [-0.15, -0.1) is 29.8 Å². The molecule has 2 aromatic carbocycles. The van der Waals surface area contributed by atoms with Crippen LogP contribution < -0.4 is 24.8 Å².